The largest absolute Gasteiger partial charge is 0.300 e. The van der Waals surface area contributed by atoms with Crippen molar-refractivity contribution in [1.29, 1.82) is 0 Å². The second-order valence-corrected chi connectivity index (χ2v) is 4.77. The normalized spacial score (nSPS) is 10.4. The molecule has 2 rings (SSSR count). The van der Waals surface area contributed by atoms with E-state index < -0.39 is 0 Å². The fourth-order valence-corrected chi connectivity index (χ4v) is 2.36. The van der Waals surface area contributed by atoms with Gasteiger partial charge in [-0.15, -0.1) is 0 Å². The SMILES string of the molecule is O=C(CCc1ccsc1)CCc1ccccn1. The smallest absolute Gasteiger partial charge is 0.133 e. The van der Waals surface area contributed by atoms with Crippen LogP contribution >= 0.6 is 11.3 Å². The summed E-state index contributed by atoms with van der Waals surface area (Å²) in [6.07, 6.45) is 4.63. The minimum Gasteiger partial charge on any atom is -0.300 e. The molecule has 0 saturated carbocycles. The highest BCUT2D eigenvalue weighted by atomic mass is 32.1. The summed E-state index contributed by atoms with van der Waals surface area (Å²) >= 11 is 1.68. The van der Waals surface area contributed by atoms with Gasteiger partial charge in [-0.25, -0.2) is 0 Å². The third kappa shape index (κ3) is 4.11. The molecule has 88 valence electrons. The molecule has 2 aromatic rings. The number of hydrogen-bond acceptors (Lipinski definition) is 3. The summed E-state index contributed by atoms with van der Waals surface area (Å²) in [7, 11) is 0. The van der Waals surface area contributed by atoms with E-state index in [-0.39, 0.29) is 0 Å². The molecule has 3 heteroatoms. The van der Waals surface area contributed by atoms with Crippen LogP contribution in [0.25, 0.3) is 0 Å². The van der Waals surface area contributed by atoms with Gasteiger partial charge in [0, 0.05) is 24.7 Å². The van der Waals surface area contributed by atoms with Crippen LogP contribution in [0, 0.1) is 0 Å². The minimum absolute atomic E-state index is 0.321. The van der Waals surface area contributed by atoms with Crippen LogP contribution in [0.3, 0.4) is 0 Å². The third-order valence-corrected chi connectivity index (χ3v) is 3.39. The van der Waals surface area contributed by atoms with Gasteiger partial charge in [-0.3, -0.25) is 9.78 Å². The average molecular weight is 245 g/mol. The maximum absolute atomic E-state index is 11.7. The van der Waals surface area contributed by atoms with Crippen LogP contribution in [0.2, 0.25) is 0 Å². The molecule has 0 aliphatic rings. The van der Waals surface area contributed by atoms with Crippen molar-refractivity contribution in [2.45, 2.75) is 25.7 Å². The number of pyridine rings is 1. The van der Waals surface area contributed by atoms with Gasteiger partial charge in [0.25, 0.3) is 0 Å². The molecule has 0 atom stereocenters. The van der Waals surface area contributed by atoms with Gasteiger partial charge in [0.05, 0.1) is 0 Å². The zero-order chi connectivity index (χ0) is 11.9. The van der Waals surface area contributed by atoms with E-state index in [1.54, 1.807) is 17.5 Å². The molecule has 17 heavy (non-hydrogen) atoms. The molecular formula is C14H15NOS. The predicted octanol–water partition coefficient (Wildman–Crippen LogP) is 3.28. The highest BCUT2D eigenvalue weighted by molar-refractivity contribution is 7.07. The van der Waals surface area contributed by atoms with E-state index in [2.05, 4.69) is 16.4 Å². The topological polar surface area (TPSA) is 30.0 Å². The summed E-state index contributed by atoms with van der Waals surface area (Å²) in [6.45, 7) is 0. The molecule has 0 fully saturated rings. The van der Waals surface area contributed by atoms with E-state index in [9.17, 15) is 4.79 Å². The molecule has 2 heterocycles. The van der Waals surface area contributed by atoms with Gasteiger partial charge in [0.15, 0.2) is 0 Å². The first-order valence-corrected chi connectivity index (χ1v) is 6.71. The predicted molar refractivity (Wildman–Crippen MR) is 70.2 cm³/mol. The lowest BCUT2D eigenvalue weighted by atomic mass is 10.1. The van der Waals surface area contributed by atoms with Crippen LogP contribution in [0.4, 0.5) is 0 Å². The minimum atomic E-state index is 0.321. The van der Waals surface area contributed by atoms with Crippen molar-refractivity contribution in [2.75, 3.05) is 0 Å². The lowest BCUT2D eigenvalue weighted by molar-refractivity contribution is -0.119. The van der Waals surface area contributed by atoms with E-state index in [1.807, 2.05) is 23.6 Å². The van der Waals surface area contributed by atoms with E-state index in [1.165, 1.54) is 5.56 Å². The number of ketones is 1. The van der Waals surface area contributed by atoms with Crippen molar-refractivity contribution < 1.29 is 4.79 Å². The molecule has 0 N–H and O–H groups in total. The average Bonchev–Trinajstić information content (AvgIpc) is 2.88. The summed E-state index contributed by atoms with van der Waals surface area (Å²) < 4.78 is 0. The number of thiophene rings is 1. The Morgan fingerprint density at radius 1 is 1.18 bits per heavy atom. The van der Waals surface area contributed by atoms with Crippen molar-refractivity contribution >= 4 is 17.1 Å². The number of aromatic nitrogens is 1. The fourth-order valence-electron chi connectivity index (χ4n) is 1.66. The number of Topliss-reactive ketones (excluding diaryl/α,β-unsaturated/α-hetero) is 1. The molecule has 0 unspecified atom stereocenters. The quantitative estimate of drug-likeness (QED) is 0.781. The van der Waals surface area contributed by atoms with Gasteiger partial charge in [0.2, 0.25) is 0 Å². The van der Waals surface area contributed by atoms with Gasteiger partial charge < -0.3 is 0 Å². The highest BCUT2D eigenvalue weighted by Crippen LogP contribution is 2.10. The van der Waals surface area contributed by atoms with Gasteiger partial charge in [-0.1, -0.05) is 6.07 Å². The molecular weight excluding hydrogens is 230 g/mol. The Kier molecular flexibility index (Phi) is 4.45. The Morgan fingerprint density at radius 2 is 2.06 bits per heavy atom. The first-order chi connectivity index (χ1) is 8.34. The Bertz CT molecular complexity index is 450. The van der Waals surface area contributed by atoms with E-state index >= 15 is 0 Å². The zero-order valence-corrected chi connectivity index (χ0v) is 10.5. The number of aryl methyl sites for hydroxylation is 2. The molecule has 2 nitrogen and oxygen atoms in total. The van der Waals surface area contributed by atoms with Crippen LogP contribution < -0.4 is 0 Å². The van der Waals surface area contributed by atoms with Gasteiger partial charge in [-0.05, 0) is 47.4 Å². The molecule has 0 bridgehead atoms. The highest BCUT2D eigenvalue weighted by Gasteiger charge is 2.04. The lowest BCUT2D eigenvalue weighted by Gasteiger charge is -2.00. The Labute approximate surface area is 105 Å². The Hall–Kier alpha value is -1.48. The van der Waals surface area contributed by atoms with E-state index in [0.717, 1.165) is 18.5 Å². The maximum Gasteiger partial charge on any atom is 0.133 e. The van der Waals surface area contributed by atoms with E-state index in [4.69, 9.17) is 0 Å². The molecule has 2 aromatic heterocycles. The van der Waals surface area contributed by atoms with Crippen molar-refractivity contribution in [3.63, 3.8) is 0 Å². The molecule has 0 aliphatic carbocycles. The Morgan fingerprint density at radius 3 is 2.76 bits per heavy atom. The third-order valence-electron chi connectivity index (χ3n) is 2.66. The first kappa shape index (κ1) is 12.0. The number of hydrogen-bond donors (Lipinski definition) is 0. The second kappa shape index (κ2) is 6.30. The van der Waals surface area contributed by atoms with E-state index in [0.29, 0.717) is 18.6 Å². The summed E-state index contributed by atoms with van der Waals surface area (Å²) in [5, 5.41) is 4.15. The van der Waals surface area contributed by atoms with Crippen LogP contribution in [-0.2, 0) is 17.6 Å². The van der Waals surface area contributed by atoms with Crippen LogP contribution in [-0.4, -0.2) is 10.8 Å². The number of nitrogens with zero attached hydrogens (tertiary/aromatic N) is 1. The molecule has 0 radical (unpaired) electrons. The van der Waals surface area contributed by atoms with Crippen molar-refractivity contribution in [3.05, 3.63) is 52.5 Å². The monoisotopic (exact) mass is 245 g/mol. The molecule has 0 amide bonds. The maximum atomic E-state index is 11.7. The number of rotatable bonds is 6. The molecule has 0 spiro atoms. The lowest BCUT2D eigenvalue weighted by Crippen LogP contribution is -2.02. The van der Waals surface area contributed by atoms with Gasteiger partial charge in [-0.2, -0.15) is 11.3 Å². The molecule has 0 aliphatic heterocycles. The zero-order valence-electron chi connectivity index (χ0n) is 9.63. The number of carbonyl (C=O) groups is 1. The van der Waals surface area contributed by atoms with Crippen molar-refractivity contribution in [3.8, 4) is 0 Å². The van der Waals surface area contributed by atoms with Gasteiger partial charge in [0.1, 0.15) is 5.78 Å². The fraction of sp³-hybridized carbons (Fsp3) is 0.286. The second-order valence-electron chi connectivity index (χ2n) is 3.99. The standard InChI is InChI=1S/C14H15NOS/c16-14(6-4-12-8-10-17-11-12)7-5-13-3-1-2-9-15-13/h1-3,8-11H,4-7H2. The first-order valence-electron chi connectivity index (χ1n) is 5.77. The van der Waals surface area contributed by atoms with Crippen LogP contribution in [0.1, 0.15) is 24.1 Å². The summed E-state index contributed by atoms with van der Waals surface area (Å²) in [4.78, 5) is 15.9. The van der Waals surface area contributed by atoms with Crippen molar-refractivity contribution in [1.82, 2.24) is 4.98 Å². The molecule has 0 aromatic carbocycles. The summed E-state index contributed by atoms with van der Waals surface area (Å²) in [5.74, 6) is 0.321. The van der Waals surface area contributed by atoms with Crippen molar-refractivity contribution in [2.24, 2.45) is 0 Å². The number of carbonyl (C=O) groups excluding carboxylic acids is 1. The summed E-state index contributed by atoms with van der Waals surface area (Å²) in [6, 6.07) is 7.89. The van der Waals surface area contributed by atoms with Crippen LogP contribution in [0.5, 0.6) is 0 Å². The van der Waals surface area contributed by atoms with Crippen LogP contribution in [0.15, 0.2) is 41.2 Å². The summed E-state index contributed by atoms with van der Waals surface area (Å²) in [5.41, 5.74) is 2.26. The van der Waals surface area contributed by atoms with Gasteiger partial charge >= 0.3 is 0 Å². The molecule has 0 saturated heterocycles. The Balaban J connectivity index is 1.71.